The number of aliphatic hydroxyl groups excluding tert-OH is 1. The molecule has 1 unspecified atom stereocenters. The first-order valence-corrected chi connectivity index (χ1v) is 6.84. The number of benzene rings is 1. The van der Waals surface area contributed by atoms with E-state index >= 15 is 0 Å². The van der Waals surface area contributed by atoms with Crippen molar-refractivity contribution in [2.24, 2.45) is 5.92 Å². The summed E-state index contributed by atoms with van der Waals surface area (Å²) in [5, 5.41) is 12.3. The topological polar surface area (TPSA) is 49.3 Å². The van der Waals surface area contributed by atoms with Gasteiger partial charge >= 0.3 is 0 Å². The van der Waals surface area contributed by atoms with Gasteiger partial charge in [0.2, 0.25) is 5.91 Å². The van der Waals surface area contributed by atoms with Gasteiger partial charge in [0.15, 0.2) is 0 Å². The first kappa shape index (κ1) is 13.3. The molecule has 0 bridgehead atoms. The molecule has 96 valence electrons. The minimum Gasteiger partial charge on any atom is -0.391 e. The predicted molar refractivity (Wildman–Crippen MR) is 74.9 cm³/mol. The fraction of sp³-hybridized carbons (Fsp3) is 0.357. The van der Waals surface area contributed by atoms with Gasteiger partial charge in [0.1, 0.15) is 0 Å². The molecule has 2 N–H and O–H groups in total. The summed E-state index contributed by atoms with van der Waals surface area (Å²) in [6.07, 6.45) is 5.00. The SMILES string of the molecule is O=C(C=Cc1ccc(Br)cc1)NCC(O)C1CC1. The normalized spacial score (nSPS) is 16.8. The smallest absolute Gasteiger partial charge is 0.244 e. The summed E-state index contributed by atoms with van der Waals surface area (Å²) in [5.74, 6) is 0.221. The molecule has 1 fully saturated rings. The molecule has 2 rings (SSSR count). The van der Waals surface area contributed by atoms with Crippen LogP contribution in [0.1, 0.15) is 18.4 Å². The second kappa shape index (κ2) is 6.16. The number of hydrogen-bond donors (Lipinski definition) is 2. The van der Waals surface area contributed by atoms with Crippen LogP contribution in [-0.4, -0.2) is 23.7 Å². The lowest BCUT2D eigenvalue weighted by Crippen LogP contribution is -2.31. The molecule has 4 heteroatoms. The molecule has 0 aromatic heterocycles. The Balaban J connectivity index is 1.77. The Morgan fingerprint density at radius 3 is 2.72 bits per heavy atom. The lowest BCUT2D eigenvalue weighted by molar-refractivity contribution is -0.116. The van der Waals surface area contributed by atoms with Gasteiger partial charge in [-0.1, -0.05) is 28.1 Å². The number of aliphatic hydroxyl groups is 1. The van der Waals surface area contributed by atoms with Crippen LogP contribution in [0.3, 0.4) is 0 Å². The fourth-order valence-electron chi connectivity index (χ4n) is 1.66. The highest BCUT2D eigenvalue weighted by atomic mass is 79.9. The molecule has 3 nitrogen and oxygen atoms in total. The van der Waals surface area contributed by atoms with Gasteiger partial charge in [0.05, 0.1) is 6.10 Å². The van der Waals surface area contributed by atoms with E-state index in [0.29, 0.717) is 12.5 Å². The lowest BCUT2D eigenvalue weighted by atomic mass is 10.2. The molecule has 0 spiro atoms. The van der Waals surface area contributed by atoms with Gasteiger partial charge < -0.3 is 10.4 Å². The Labute approximate surface area is 115 Å². The van der Waals surface area contributed by atoms with Crippen molar-refractivity contribution >= 4 is 27.9 Å². The Morgan fingerprint density at radius 2 is 2.11 bits per heavy atom. The molecule has 1 aromatic carbocycles. The van der Waals surface area contributed by atoms with Crippen LogP contribution in [0.5, 0.6) is 0 Å². The molecular formula is C14H16BrNO2. The molecule has 1 aliphatic rings. The second-order valence-corrected chi connectivity index (χ2v) is 5.45. The standard InChI is InChI=1S/C14H16BrNO2/c15-12-6-1-10(2-7-12)3-8-14(18)16-9-13(17)11-4-5-11/h1-3,6-8,11,13,17H,4-5,9H2,(H,16,18). The molecule has 1 aliphatic carbocycles. The number of hydrogen-bond acceptors (Lipinski definition) is 2. The van der Waals surface area contributed by atoms with Gasteiger partial charge in [-0.2, -0.15) is 0 Å². The van der Waals surface area contributed by atoms with Crippen LogP contribution in [0, 0.1) is 5.92 Å². The van der Waals surface area contributed by atoms with Crippen LogP contribution in [0.4, 0.5) is 0 Å². The zero-order valence-electron chi connectivity index (χ0n) is 9.97. The summed E-state index contributed by atoms with van der Waals surface area (Å²) >= 11 is 3.35. The van der Waals surface area contributed by atoms with Crippen LogP contribution >= 0.6 is 15.9 Å². The Kier molecular flexibility index (Phi) is 4.55. The highest BCUT2D eigenvalue weighted by Crippen LogP contribution is 2.32. The summed E-state index contributed by atoms with van der Waals surface area (Å²) in [4.78, 5) is 11.5. The van der Waals surface area contributed by atoms with Gasteiger partial charge in [0.25, 0.3) is 0 Å². The largest absolute Gasteiger partial charge is 0.391 e. The van der Waals surface area contributed by atoms with E-state index in [4.69, 9.17) is 0 Å². The highest BCUT2D eigenvalue weighted by molar-refractivity contribution is 9.10. The minimum absolute atomic E-state index is 0.169. The minimum atomic E-state index is -0.393. The average Bonchev–Trinajstić information content (AvgIpc) is 3.19. The zero-order valence-corrected chi connectivity index (χ0v) is 11.6. The maximum absolute atomic E-state index is 11.5. The van der Waals surface area contributed by atoms with Crippen molar-refractivity contribution in [3.63, 3.8) is 0 Å². The summed E-state index contributed by atoms with van der Waals surface area (Å²) < 4.78 is 1.01. The number of carbonyl (C=O) groups excluding carboxylic acids is 1. The van der Waals surface area contributed by atoms with Gasteiger partial charge in [-0.05, 0) is 42.5 Å². The van der Waals surface area contributed by atoms with Crippen LogP contribution in [0.15, 0.2) is 34.8 Å². The van der Waals surface area contributed by atoms with E-state index in [1.165, 1.54) is 6.08 Å². The van der Waals surface area contributed by atoms with Crippen molar-refractivity contribution in [2.75, 3.05) is 6.54 Å². The maximum Gasteiger partial charge on any atom is 0.244 e. The van der Waals surface area contributed by atoms with E-state index < -0.39 is 6.10 Å². The molecule has 18 heavy (non-hydrogen) atoms. The maximum atomic E-state index is 11.5. The molecule has 1 aromatic rings. The van der Waals surface area contributed by atoms with Crippen molar-refractivity contribution in [1.29, 1.82) is 0 Å². The fourth-order valence-corrected chi connectivity index (χ4v) is 1.92. The molecule has 0 aliphatic heterocycles. The van der Waals surface area contributed by atoms with Crippen molar-refractivity contribution in [2.45, 2.75) is 18.9 Å². The predicted octanol–water partition coefficient (Wildman–Crippen LogP) is 2.35. The summed E-state index contributed by atoms with van der Waals surface area (Å²) in [5.41, 5.74) is 0.969. The molecule has 0 heterocycles. The van der Waals surface area contributed by atoms with E-state index in [-0.39, 0.29) is 5.91 Å². The molecule has 1 atom stereocenters. The monoisotopic (exact) mass is 309 g/mol. The van der Waals surface area contributed by atoms with Gasteiger partial charge in [-0.3, -0.25) is 4.79 Å². The number of carbonyl (C=O) groups is 1. The second-order valence-electron chi connectivity index (χ2n) is 4.53. The van der Waals surface area contributed by atoms with E-state index in [9.17, 15) is 9.90 Å². The Bertz CT molecular complexity index is 438. The third kappa shape index (κ3) is 4.27. The molecule has 1 amide bonds. The van der Waals surface area contributed by atoms with Crippen molar-refractivity contribution in [1.82, 2.24) is 5.32 Å². The highest BCUT2D eigenvalue weighted by Gasteiger charge is 2.29. The van der Waals surface area contributed by atoms with E-state index in [1.54, 1.807) is 6.08 Å². The number of nitrogens with one attached hydrogen (secondary N) is 1. The van der Waals surface area contributed by atoms with Crippen molar-refractivity contribution < 1.29 is 9.90 Å². The lowest BCUT2D eigenvalue weighted by Gasteiger charge is -2.08. The van der Waals surface area contributed by atoms with Gasteiger partial charge in [-0.25, -0.2) is 0 Å². The molecular weight excluding hydrogens is 294 g/mol. The van der Waals surface area contributed by atoms with Gasteiger partial charge in [-0.15, -0.1) is 0 Å². The average molecular weight is 310 g/mol. The van der Waals surface area contributed by atoms with Crippen LogP contribution < -0.4 is 5.32 Å². The third-order valence-electron chi connectivity index (χ3n) is 2.95. The third-order valence-corrected chi connectivity index (χ3v) is 3.48. The number of halogens is 1. The number of rotatable bonds is 5. The summed E-state index contributed by atoms with van der Waals surface area (Å²) in [6.45, 7) is 0.341. The quantitative estimate of drug-likeness (QED) is 0.820. The Morgan fingerprint density at radius 1 is 1.44 bits per heavy atom. The Hall–Kier alpha value is -1.13. The first-order chi connectivity index (χ1) is 8.65. The van der Waals surface area contributed by atoms with Gasteiger partial charge in [0, 0.05) is 17.1 Å². The van der Waals surface area contributed by atoms with Crippen LogP contribution in [-0.2, 0) is 4.79 Å². The van der Waals surface area contributed by atoms with E-state index in [2.05, 4.69) is 21.2 Å². The van der Waals surface area contributed by atoms with Crippen LogP contribution in [0.25, 0.3) is 6.08 Å². The van der Waals surface area contributed by atoms with Crippen molar-refractivity contribution in [3.05, 3.63) is 40.4 Å². The first-order valence-electron chi connectivity index (χ1n) is 6.04. The van der Waals surface area contributed by atoms with Crippen molar-refractivity contribution in [3.8, 4) is 0 Å². The summed E-state index contributed by atoms with van der Waals surface area (Å²) in [6, 6.07) is 7.70. The number of amides is 1. The van der Waals surface area contributed by atoms with E-state index in [1.807, 2.05) is 24.3 Å². The zero-order chi connectivity index (χ0) is 13.0. The molecule has 0 saturated heterocycles. The molecule has 0 radical (unpaired) electrons. The van der Waals surface area contributed by atoms with Crippen LogP contribution in [0.2, 0.25) is 0 Å². The molecule has 1 saturated carbocycles. The summed E-state index contributed by atoms with van der Waals surface area (Å²) in [7, 11) is 0. The van der Waals surface area contributed by atoms with E-state index in [0.717, 1.165) is 22.9 Å².